The van der Waals surface area contributed by atoms with E-state index in [0.717, 1.165) is 19.3 Å². The van der Waals surface area contributed by atoms with Crippen molar-refractivity contribution in [2.45, 2.75) is 52.5 Å². The van der Waals surface area contributed by atoms with Gasteiger partial charge in [-0.2, -0.15) is 5.10 Å². The van der Waals surface area contributed by atoms with Crippen molar-refractivity contribution < 1.29 is 9.59 Å². The second kappa shape index (κ2) is 8.96. The van der Waals surface area contributed by atoms with Crippen molar-refractivity contribution in [1.29, 1.82) is 0 Å². The Morgan fingerprint density at radius 2 is 1.76 bits per heavy atom. The van der Waals surface area contributed by atoms with E-state index < -0.39 is 5.91 Å². The first-order valence-corrected chi connectivity index (χ1v) is 8.67. The van der Waals surface area contributed by atoms with Crippen LogP contribution in [0.3, 0.4) is 0 Å². The second-order valence-electron chi connectivity index (χ2n) is 5.88. The van der Waals surface area contributed by atoms with Gasteiger partial charge in [0.05, 0.1) is 5.39 Å². The van der Waals surface area contributed by atoms with Gasteiger partial charge in [-0.15, -0.1) is 0 Å². The summed E-state index contributed by atoms with van der Waals surface area (Å²) in [7, 11) is 0. The minimum Gasteiger partial charge on any atom is -0.273 e. The number of fused-ring (bicyclic) bond motifs is 1. The highest BCUT2D eigenvalue weighted by molar-refractivity contribution is 6.05. The molecule has 2 amide bonds. The fraction of sp³-hybridized carbons (Fsp3) is 0.444. The number of amides is 2. The maximum Gasteiger partial charge on any atom is 0.290 e. The van der Waals surface area contributed by atoms with Gasteiger partial charge >= 0.3 is 0 Å². The van der Waals surface area contributed by atoms with Gasteiger partial charge in [-0.05, 0) is 18.9 Å². The molecule has 0 radical (unpaired) electrons. The number of nitrogens with one attached hydrogen (secondary N) is 2. The minimum atomic E-state index is -0.537. The number of aromatic nitrogens is 2. The minimum absolute atomic E-state index is 0.128. The van der Waals surface area contributed by atoms with E-state index in [1.807, 2.05) is 6.92 Å². The Kier molecular flexibility index (Phi) is 6.68. The largest absolute Gasteiger partial charge is 0.290 e. The van der Waals surface area contributed by atoms with E-state index in [4.69, 9.17) is 0 Å². The van der Waals surface area contributed by atoms with Crippen LogP contribution >= 0.6 is 0 Å². The molecule has 0 aliphatic carbocycles. The lowest BCUT2D eigenvalue weighted by Gasteiger charge is -2.11. The number of hydrogen-bond acceptors (Lipinski definition) is 4. The molecule has 1 aromatic heterocycles. The molecule has 2 N–H and O–H groups in total. The zero-order chi connectivity index (χ0) is 18.2. The zero-order valence-corrected chi connectivity index (χ0v) is 14.7. The Labute approximate surface area is 146 Å². The molecule has 2 rings (SSSR count). The van der Waals surface area contributed by atoms with Gasteiger partial charge in [0.1, 0.15) is 0 Å². The predicted molar refractivity (Wildman–Crippen MR) is 96.0 cm³/mol. The molecular weight excluding hydrogens is 320 g/mol. The molecule has 7 nitrogen and oxygen atoms in total. The van der Waals surface area contributed by atoms with Gasteiger partial charge in [-0.25, -0.2) is 4.68 Å². The van der Waals surface area contributed by atoms with Crippen LogP contribution in [0.1, 0.15) is 56.4 Å². The van der Waals surface area contributed by atoms with Gasteiger partial charge < -0.3 is 0 Å². The maximum atomic E-state index is 12.5. The highest BCUT2D eigenvalue weighted by Crippen LogP contribution is 2.13. The predicted octanol–water partition coefficient (Wildman–Crippen LogP) is 2.15. The normalized spacial score (nSPS) is 10.6. The van der Waals surface area contributed by atoms with Gasteiger partial charge in [0.15, 0.2) is 5.69 Å². The molecule has 0 saturated carbocycles. The summed E-state index contributed by atoms with van der Waals surface area (Å²) in [5.41, 5.74) is 4.66. The van der Waals surface area contributed by atoms with Gasteiger partial charge in [0, 0.05) is 18.4 Å². The van der Waals surface area contributed by atoms with Crippen LogP contribution in [0.15, 0.2) is 29.1 Å². The number of nitrogens with zero attached hydrogens (tertiary/aromatic N) is 2. The van der Waals surface area contributed by atoms with E-state index in [0.29, 0.717) is 30.2 Å². The molecule has 0 atom stereocenters. The number of unbranched alkanes of at least 4 members (excludes halogenated alkanes) is 2. The van der Waals surface area contributed by atoms with Crippen LogP contribution < -0.4 is 16.4 Å². The number of rotatable bonds is 7. The average molecular weight is 344 g/mol. The summed E-state index contributed by atoms with van der Waals surface area (Å²) in [6, 6.07) is 6.87. The zero-order valence-electron chi connectivity index (χ0n) is 14.7. The Hall–Kier alpha value is -2.70. The van der Waals surface area contributed by atoms with Crippen molar-refractivity contribution >= 4 is 22.6 Å². The van der Waals surface area contributed by atoms with E-state index in [-0.39, 0.29) is 17.2 Å². The molecule has 0 saturated heterocycles. The molecule has 0 aliphatic heterocycles. The lowest BCUT2D eigenvalue weighted by Crippen LogP contribution is -2.42. The topological polar surface area (TPSA) is 93.1 Å². The molecule has 134 valence electrons. The first kappa shape index (κ1) is 18.6. The third kappa shape index (κ3) is 4.65. The molecular formula is C18H24N4O3. The van der Waals surface area contributed by atoms with E-state index in [1.165, 1.54) is 4.68 Å². The quantitative estimate of drug-likeness (QED) is 0.594. The Balaban J connectivity index is 2.33. The summed E-state index contributed by atoms with van der Waals surface area (Å²) >= 11 is 0. The molecule has 1 heterocycles. The lowest BCUT2D eigenvalue weighted by molar-refractivity contribution is -0.121. The van der Waals surface area contributed by atoms with Crippen molar-refractivity contribution in [3.05, 3.63) is 40.3 Å². The van der Waals surface area contributed by atoms with E-state index >= 15 is 0 Å². The van der Waals surface area contributed by atoms with E-state index in [2.05, 4.69) is 22.9 Å². The highest BCUT2D eigenvalue weighted by Gasteiger charge is 2.17. The number of carbonyl (C=O) groups excluding carboxylic acids is 2. The summed E-state index contributed by atoms with van der Waals surface area (Å²) in [5, 5.41) is 5.15. The van der Waals surface area contributed by atoms with Crippen molar-refractivity contribution in [2.75, 3.05) is 0 Å². The number of hydrogen-bond donors (Lipinski definition) is 2. The van der Waals surface area contributed by atoms with Crippen molar-refractivity contribution in [1.82, 2.24) is 20.6 Å². The monoisotopic (exact) mass is 344 g/mol. The summed E-state index contributed by atoms with van der Waals surface area (Å²) in [4.78, 5) is 36.5. The van der Waals surface area contributed by atoms with Gasteiger partial charge in [-0.3, -0.25) is 25.2 Å². The van der Waals surface area contributed by atoms with Crippen LogP contribution in [0.2, 0.25) is 0 Å². The van der Waals surface area contributed by atoms with E-state index in [9.17, 15) is 14.4 Å². The molecule has 7 heteroatoms. The molecule has 25 heavy (non-hydrogen) atoms. The smallest absolute Gasteiger partial charge is 0.273 e. The SMILES string of the molecule is CCCCCn1nc(C(=O)NNC(=O)CCC)c2ccccc2c1=O. The summed E-state index contributed by atoms with van der Waals surface area (Å²) in [5.74, 6) is -0.804. The molecule has 0 unspecified atom stereocenters. The third-order valence-corrected chi connectivity index (χ3v) is 3.85. The van der Waals surface area contributed by atoms with Gasteiger partial charge in [-0.1, -0.05) is 44.9 Å². The molecule has 0 spiro atoms. The maximum absolute atomic E-state index is 12.5. The van der Waals surface area contributed by atoms with E-state index in [1.54, 1.807) is 24.3 Å². The molecule has 0 bridgehead atoms. The van der Waals surface area contributed by atoms with Crippen LogP contribution in [0.25, 0.3) is 10.8 Å². The van der Waals surface area contributed by atoms with Crippen molar-refractivity contribution in [2.24, 2.45) is 0 Å². The highest BCUT2D eigenvalue weighted by atomic mass is 16.2. The third-order valence-electron chi connectivity index (χ3n) is 3.85. The lowest BCUT2D eigenvalue weighted by atomic mass is 10.1. The summed E-state index contributed by atoms with van der Waals surface area (Å²) < 4.78 is 1.33. The number of aryl methyl sites for hydroxylation is 1. The Morgan fingerprint density at radius 3 is 2.44 bits per heavy atom. The first-order valence-electron chi connectivity index (χ1n) is 8.67. The second-order valence-corrected chi connectivity index (χ2v) is 5.88. The molecule has 2 aromatic rings. The van der Waals surface area contributed by atoms with Crippen LogP contribution in [0.5, 0.6) is 0 Å². The van der Waals surface area contributed by atoms with Crippen LogP contribution in [0, 0.1) is 0 Å². The Morgan fingerprint density at radius 1 is 1.04 bits per heavy atom. The molecule has 1 aromatic carbocycles. The van der Waals surface area contributed by atoms with Crippen LogP contribution in [0.4, 0.5) is 0 Å². The Bertz CT molecular complexity index is 814. The van der Waals surface area contributed by atoms with Crippen LogP contribution in [-0.2, 0) is 11.3 Å². The number of benzene rings is 1. The fourth-order valence-corrected chi connectivity index (χ4v) is 2.54. The average Bonchev–Trinajstić information content (AvgIpc) is 2.62. The summed E-state index contributed by atoms with van der Waals surface area (Å²) in [6.07, 6.45) is 3.83. The fourth-order valence-electron chi connectivity index (χ4n) is 2.54. The van der Waals surface area contributed by atoms with Crippen molar-refractivity contribution in [3.8, 4) is 0 Å². The first-order chi connectivity index (χ1) is 12.1. The molecule has 0 aliphatic rings. The van der Waals surface area contributed by atoms with Gasteiger partial charge in [0.2, 0.25) is 5.91 Å². The number of hydrazine groups is 1. The summed E-state index contributed by atoms with van der Waals surface area (Å²) in [6.45, 7) is 4.41. The molecule has 0 fully saturated rings. The van der Waals surface area contributed by atoms with Crippen LogP contribution in [-0.4, -0.2) is 21.6 Å². The number of carbonyl (C=O) groups is 2. The standard InChI is InChI=1S/C18H24N4O3/c1-3-5-8-12-22-18(25)14-11-7-6-10-13(14)16(21-22)17(24)20-19-15(23)9-4-2/h6-7,10-11H,3-5,8-9,12H2,1-2H3,(H,19,23)(H,20,24). The van der Waals surface area contributed by atoms with Crippen molar-refractivity contribution in [3.63, 3.8) is 0 Å². The van der Waals surface area contributed by atoms with Gasteiger partial charge in [0.25, 0.3) is 11.5 Å².